The zero-order chi connectivity index (χ0) is 9.07. The third-order valence-electron chi connectivity index (χ3n) is 1.47. The standard InChI is InChI=1S/C8H16O2Si/c1-7(8(9)10)5-6-11(2,3)4/h1,5-6H2,2-4H3,(H,9,10)/p-1. The lowest BCUT2D eigenvalue weighted by atomic mass is 10.2. The molecule has 0 radical (unpaired) electrons. The molecule has 0 aromatic carbocycles. The molecule has 0 saturated heterocycles. The third-order valence-corrected chi connectivity index (χ3v) is 3.22. The molecule has 3 heteroatoms. The van der Waals surface area contributed by atoms with Crippen LogP contribution in [0.2, 0.25) is 25.7 Å². The van der Waals surface area contributed by atoms with E-state index in [4.69, 9.17) is 0 Å². The molecular weight excluding hydrogens is 156 g/mol. The van der Waals surface area contributed by atoms with Crippen molar-refractivity contribution in [3.63, 3.8) is 0 Å². The predicted molar refractivity (Wildman–Crippen MR) is 46.9 cm³/mol. The van der Waals surface area contributed by atoms with Gasteiger partial charge in [0.25, 0.3) is 0 Å². The highest BCUT2D eigenvalue weighted by Gasteiger charge is 2.12. The third kappa shape index (κ3) is 5.85. The van der Waals surface area contributed by atoms with Gasteiger partial charge in [0.15, 0.2) is 0 Å². The van der Waals surface area contributed by atoms with Crippen molar-refractivity contribution >= 4 is 14.0 Å². The van der Waals surface area contributed by atoms with E-state index in [0.29, 0.717) is 6.42 Å². The van der Waals surface area contributed by atoms with Gasteiger partial charge in [-0.2, -0.15) is 0 Å². The Morgan fingerprint density at radius 2 is 1.91 bits per heavy atom. The largest absolute Gasteiger partial charge is 0.545 e. The SMILES string of the molecule is C=C(CC[Si](C)(C)C)C(=O)[O-]. The van der Waals surface area contributed by atoms with Crippen LogP contribution in [0, 0.1) is 0 Å². The summed E-state index contributed by atoms with van der Waals surface area (Å²) in [6.45, 7) is 10.0. The van der Waals surface area contributed by atoms with Crippen molar-refractivity contribution in [2.24, 2.45) is 0 Å². The highest BCUT2D eigenvalue weighted by Crippen LogP contribution is 2.14. The Balaban J connectivity index is 3.73. The quantitative estimate of drug-likeness (QED) is 0.468. The maximum atomic E-state index is 10.2. The van der Waals surface area contributed by atoms with Gasteiger partial charge in [0.05, 0.1) is 5.97 Å². The van der Waals surface area contributed by atoms with Crippen LogP contribution in [0.25, 0.3) is 0 Å². The number of hydrogen-bond acceptors (Lipinski definition) is 2. The molecular formula is C8H15O2Si-. The van der Waals surface area contributed by atoms with E-state index in [1.165, 1.54) is 0 Å². The van der Waals surface area contributed by atoms with Crippen LogP contribution in [0.15, 0.2) is 12.2 Å². The lowest BCUT2D eigenvalue weighted by molar-refractivity contribution is -0.299. The van der Waals surface area contributed by atoms with Crippen LogP contribution >= 0.6 is 0 Å². The summed E-state index contributed by atoms with van der Waals surface area (Å²) >= 11 is 0. The first-order valence-electron chi connectivity index (χ1n) is 3.72. The van der Waals surface area contributed by atoms with Gasteiger partial charge in [-0.15, -0.1) is 0 Å². The zero-order valence-electron chi connectivity index (χ0n) is 7.44. The van der Waals surface area contributed by atoms with Crippen LogP contribution in [0.5, 0.6) is 0 Å². The molecule has 0 unspecified atom stereocenters. The number of carbonyl (C=O) groups is 1. The van der Waals surface area contributed by atoms with Gasteiger partial charge in [0.1, 0.15) is 0 Å². The minimum absolute atomic E-state index is 0.229. The Bertz CT molecular complexity index is 167. The van der Waals surface area contributed by atoms with E-state index in [9.17, 15) is 9.90 Å². The maximum Gasteiger partial charge on any atom is 0.0668 e. The van der Waals surface area contributed by atoms with Crippen molar-refractivity contribution in [1.29, 1.82) is 0 Å². The van der Waals surface area contributed by atoms with Crippen LogP contribution in [-0.2, 0) is 4.79 Å². The number of rotatable bonds is 4. The second kappa shape index (κ2) is 3.71. The van der Waals surface area contributed by atoms with E-state index in [-0.39, 0.29) is 5.57 Å². The first-order chi connectivity index (χ1) is 4.83. The topological polar surface area (TPSA) is 40.1 Å². The molecule has 0 aliphatic rings. The van der Waals surface area contributed by atoms with Crippen molar-refractivity contribution < 1.29 is 9.90 Å². The minimum Gasteiger partial charge on any atom is -0.545 e. The molecule has 0 fully saturated rings. The molecule has 0 N–H and O–H groups in total. The average Bonchev–Trinajstić information content (AvgIpc) is 1.80. The smallest absolute Gasteiger partial charge is 0.0668 e. The predicted octanol–water partition coefficient (Wildman–Crippen LogP) is 1.02. The summed E-state index contributed by atoms with van der Waals surface area (Å²) in [6.07, 6.45) is 0.581. The fraction of sp³-hybridized carbons (Fsp3) is 0.625. The number of carboxylic acid groups (broad SMARTS) is 1. The number of carboxylic acids is 1. The van der Waals surface area contributed by atoms with Gasteiger partial charge in [-0.25, -0.2) is 0 Å². The molecule has 0 atom stereocenters. The van der Waals surface area contributed by atoms with Gasteiger partial charge in [0.2, 0.25) is 0 Å². The second-order valence-corrected chi connectivity index (χ2v) is 9.57. The van der Waals surface area contributed by atoms with Crippen LogP contribution in [-0.4, -0.2) is 14.0 Å². The van der Waals surface area contributed by atoms with Crippen LogP contribution in [0.4, 0.5) is 0 Å². The van der Waals surface area contributed by atoms with Gasteiger partial charge in [0, 0.05) is 8.07 Å². The van der Waals surface area contributed by atoms with Crippen molar-refractivity contribution in [1.82, 2.24) is 0 Å². The fourth-order valence-corrected chi connectivity index (χ4v) is 1.68. The van der Waals surface area contributed by atoms with E-state index in [1.54, 1.807) is 0 Å². The normalized spacial score (nSPS) is 11.2. The lowest BCUT2D eigenvalue weighted by Crippen LogP contribution is -2.26. The molecule has 0 aliphatic carbocycles. The summed E-state index contributed by atoms with van der Waals surface area (Å²) < 4.78 is 0. The molecule has 0 aromatic rings. The van der Waals surface area contributed by atoms with Gasteiger partial charge in [-0.05, 0) is 12.0 Å². The molecule has 2 nitrogen and oxygen atoms in total. The summed E-state index contributed by atoms with van der Waals surface area (Å²) in [5.74, 6) is -1.11. The number of carbonyl (C=O) groups excluding carboxylic acids is 1. The fourth-order valence-electron chi connectivity index (χ4n) is 0.628. The van der Waals surface area contributed by atoms with E-state index < -0.39 is 14.0 Å². The molecule has 0 aliphatic heterocycles. The Labute approximate surface area is 68.9 Å². The Morgan fingerprint density at radius 1 is 1.45 bits per heavy atom. The lowest BCUT2D eigenvalue weighted by Gasteiger charge is -2.16. The molecule has 0 aromatic heterocycles. The van der Waals surface area contributed by atoms with Crippen LogP contribution in [0.3, 0.4) is 0 Å². The van der Waals surface area contributed by atoms with Gasteiger partial charge < -0.3 is 9.90 Å². The Hall–Kier alpha value is -0.573. The second-order valence-electron chi connectivity index (χ2n) is 3.95. The summed E-state index contributed by atoms with van der Waals surface area (Å²) in [4.78, 5) is 10.2. The summed E-state index contributed by atoms with van der Waals surface area (Å²) in [5.41, 5.74) is 0.229. The van der Waals surface area contributed by atoms with E-state index >= 15 is 0 Å². The monoisotopic (exact) mass is 171 g/mol. The number of aliphatic carboxylic acids is 1. The summed E-state index contributed by atoms with van der Waals surface area (Å²) in [5, 5.41) is 10.2. The van der Waals surface area contributed by atoms with Crippen LogP contribution < -0.4 is 5.11 Å². The molecule has 0 heterocycles. The van der Waals surface area contributed by atoms with E-state index in [2.05, 4.69) is 26.2 Å². The molecule has 0 amide bonds. The Kier molecular flexibility index (Phi) is 3.52. The molecule has 0 spiro atoms. The van der Waals surface area contributed by atoms with Crippen molar-refractivity contribution in [2.45, 2.75) is 32.1 Å². The van der Waals surface area contributed by atoms with Crippen LogP contribution in [0.1, 0.15) is 6.42 Å². The molecule has 0 rings (SSSR count). The summed E-state index contributed by atoms with van der Waals surface area (Å²) in [6, 6.07) is 0.972. The summed E-state index contributed by atoms with van der Waals surface area (Å²) in [7, 11) is -1.12. The van der Waals surface area contributed by atoms with Crippen molar-refractivity contribution in [3.05, 3.63) is 12.2 Å². The zero-order valence-corrected chi connectivity index (χ0v) is 8.44. The van der Waals surface area contributed by atoms with Gasteiger partial charge in [-0.1, -0.05) is 32.3 Å². The molecule has 0 bridgehead atoms. The van der Waals surface area contributed by atoms with Gasteiger partial charge in [-0.3, -0.25) is 0 Å². The number of hydrogen-bond donors (Lipinski definition) is 0. The van der Waals surface area contributed by atoms with E-state index in [0.717, 1.165) is 6.04 Å². The Morgan fingerprint density at radius 3 is 2.18 bits per heavy atom. The maximum absolute atomic E-state index is 10.2. The van der Waals surface area contributed by atoms with Gasteiger partial charge >= 0.3 is 0 Å². The minimum atomic E-state index is -1.12. The molecule has 11 heavy (non-hydrogen) atoms. The molecule has 0 saturated carbocycles. The van der Waals surface area contributed by atoms with Crippen molar-refractivity contribution in [3.8, 4) is 0 Å². The highest BCUT2D eigenvalue weighted by molar-refractivity contribution is 6.76. The van der Waals surface area contributed by atoms with Crippen molar-refractivity contribution in [2.75, 3.05) is 0 Å². The average molecular weight is 171 g/mol. The first-order valence-corrected chi connectivity index (χ1v) is 7.43. The highest BCUT2D eigenvalue weighted by atomic mass is 28.3. The molecule has 64 valence electrons. The van der Waals surface area contributed by atoms with E-state index in [1.807, 2.05) is 0 Å². The first kappa shape index (κ1) is 10.4.